The van der Waals surface area contributed by atoms with E-state index in [2.05, 4.69) is 10.3 Å². The molecular formula is C16H23N3O4S. The average Bonchev–Trinajstić information content (AvgIpc) is 3.19. The molecule has 2 fully saturated rings. The summed E-state index contributed by atoms with van der Waals surface area (Å²) in [6.07, 6.45) is 3.52. The molecule has 0 aromatic carbocycles. The number of nitrogens with zero attached hydrogens (tertiary/aromatic N) is 2. The molecule has 3 heterocycles. The zero-order chi connectivity index (χ0) is 17.2. The summed E-state index contributed by atoms with van der Waals surface area (Å²) in [5.41, 5.74) is 0.620. The van der Waals surface area contributed by atoms with Gasteiger partial charge in [0.05, 0.1) is 23.4 Å². The Hall–Kier alpha value is -1.67. The van der Waals surface area contributed by atoms with Crippen molar-refractivity contribution in [3.8, 4) is 0 Å². The maximum Gasteiger partial charge on any atom is 0.253 e. The maximum atomic E-state index is 12.0. The zero-order valence-electron chi connectivity index (χ0n) is 13.8. The molecule has 2 unspecified atom stereocenters. The minimum Gasteiger partial charge on any atom is -0.368 e. The highest BCUT2D eigenvalue weighted by Crippen LogP contribution is 2.24. The number of nitrogens with one attached hydrogen (secondary N) is 1. The lowest BCUT2D eigenvalue weighted by Gasteiger charge is -2.28. The van der Waals surface area contributed by atoms with Gasteiger partial charge in [0, 0.05) is 19.2 Å². The van der Waals surface area contributed by atoms with Gasteiger partial charge in [-0.15, -0.1) is 0 Å². The predicted octanol–water partition coefficient (Wildman–Crippen LogP) is 1.21. The minimum absolute atomic E-state index is 0.0279. The molecule has 7 nitrogen and oxygen atoms in total. The van der Waals surface area contributed by atoms with Gasteiger partial charge >= 0.3 is 0 Å². The topological polar surface area (TPSA) is 88.6 Å². The zero-order valence-corrected chi connectivity index (χ0v) is 14.6. The Kier molecular flexibility index (Phi) is 5.05. The van der Waals surface area contributed by atoms with Crippen LogP contribution in [0.3, 0.4) is 0 Å². The van der Waals surface area contributed by atoms with Crippen molar-refractivity contribution in [1.82, 2.24) is 4.98 Å². The Bertz CT molecular complexity index is 684. The van der Waals surface area contributed by atoms with Crippen LogP contribution in [0.4, 0.5) is 11.5 Å². The van der Waals surface area contributed by atoms with Crippen LogP contribution >= 0.6 is 0 Å². The molecule has 2 aliphatic heterocycles. The Morgan fingerprint density at radius 1 is 1.42 bits per heavy atom. The van der Waals surface area contributed by atoms with Gasteiger partial charge in [0.25, 0.3) is 5.91 Å². The predicted molar refractivity (Wildman–Crippen MR) is 91.9 cm³/mol. The van der Waals surface area contributed by atoms with Gasteiger partial charge in [-0.05, 0) is 38.3 Å². The molecule has 0 radical (unpaired) electrons. The van der Waals surface area contributed by atoms with E-state index in [-0.39, 0.29) is 29.6 Å². The third-order valence-corrected chi connectivity index (χ3v) is 6.27. The lowest BCUT2D eigenvalue weighted by Crippen LogP contribution is -2.36. The van der Waals surface area contributed by atoms with E-state index in [0.29, 0.717) is 25.3 Å². The number of ether oxygens (including phenoxy) is 1. The summed E-state index contributed by atoms with van der Waals surface area (Å²) in [5, 5.41) is 2.81. The first kappa shape index (κ1) is 17.2. The number of carbonyl (C=O) groups is 1. The van der Waals surface area contributed by atoms with Crippen LogP contribution in [0.5, 0.6) is 0 Å². The molecule has 8 heteroatoms. The van der Waals surface area contributed by atoms with Crippen molar-refractivity contribution in [2.75, 3.05) is 34.9 Å². The van der Waals surface area contributed by atoms with Crippen LogP contribution in [0.1, 0.15) is 26.2 Å². The Labute approximate surface area is 142 Å². The molecule has 1 amide bonds. The molecule has 1 aromatic heterocycles. The fourth-order valence-corrected chi connectivity index (χ4v) is 5.00. The number of hydrogen-bond donors (Lipinski definition) is 1. The molecule has 3 rings (SSSR count). The van der Waals surface area contributed by atoms with Crippen LogP contribution in [-0.2, 0) is 19.4 Å². The van der Waals surface area contributed by atoms with Crippen LogP contribution in [-0.4, -0.2) is 56.1 Å². The van der Waals surface area contributed by atoms with E-state index in [1.54, 1.807) is 12.3 Å². The number of pyridine rings is 1. The highest BCUT2D eigenvalue weighted by atomic mass is 32.2. The molecule has 0 aliphatic carbocycles. The summed E-state index contributed by atoms with van der Waals surface area (Å²) >= 11 is 0. The number of aromatic nitrogens is 1. The van der Waals surface area contributed by atoms with Crippen molar-refractivity contribution >= 4 is 27.2 Å². The Balaban J connectivity index is 1.65. The van der Waals surface area contributed by atoms with Gasteiger partial charge in [0.1, 0.15) is 11.9 Å². The average molecular weight is 353 g/mol. The standard InChI is InChI=1S/C16H23N3O4S/c1-2-19(13-7-9-24(21,22)11-13)15-6-5-12(10-17-15)18-16(20)14-4-3-8-23-14/h5-6,10,13-14H,2-4,7-9,11H2,1H3,(H,18,20). The first-order valence-corrected chi connectivity index (χ1v) is 10.2. The van der Waals surface area contributed by atoms with Crippen LogP contribution in [0.25, 0.3) is 0 Å². The summed E-state index contributed by atoms with van der Waals surface area (Å²) in [7, 11) is -2.93. The van der Waals surface area contributed by atoms with Gasteiger partial charge in [-0.2, -0.15) is 0 Å². The first-order chi connectivity index (χ1) is 11.5. The van der Waals surface area contributed by atoms with E-state index in [9.17, 15) is 13.2 Å². The lowest BCUT2D eigenvalue weighted by atomic mass is 10.2. The van der Waals surface area contributed by atoms with Crippen molar-refractivity contribution < 1.29 is 17.9 Å². The molecule has 2 aliphatic rings. The van der Waals surface area contributed by atoms with Crippen LogP contribution in [0, 0.1) is 0 Å². The van der Waals surface area contributed by atoms with Gasteiger partial charge in [0.15, 0.2) is 9.84 Å². The number of hydrogen-bond acceptors (Lipinski definition) is 6. The molecule has 1 N–H and O–H groups in total. The third kappa shape index (κ3) is 3.87. The largest absolute Gasteiger partial charge is 0.368 e. The van der Waals surface area contributed by atoms with E-state index in [0.717, 1.165) is 18.7 Å². The summed E-state index contributed by atoms with van der Waals surface area (Å²) in [6.45, 7) is 3.31. The minimum atomic E-state index is -2.93. The normalized spacial score (nSPS) is 25.5. The monoisotopic (exact) mass is 353 g/mol. The second kappa shape index (κ2) is 7.06. The van der Waals surface area contributed by atoms with Gasteiger partial charge < -0.3 is 15.0 Å². The van der Waals surface area contributed by atoms with E-state index in [1.807, 2.05) is 17.9 Å². The Morgan fingerprint density at radius 3 is 2.79 bits per heavy atom. The summed E-state index contributed by atoms with van der Waals surface area (Å²) < 4.78 is 28.7. The van der Waals surface area contributed by atoms with Gasteiger partial charge in [-0.3, -0.25) is 4.79 Å². The number of sulfone groups is 1. The molecule has 1 aromatic rings. The van der Waals surface area contributed by atoms with Gasteiger partial charge in [-0.25, -0.2) is 13.4 Å². The van der Waals surface area contributed by atoms with E-state index >= 15 is 0 Å². The number of carbonyl (C=O) groups excluding carboxylic acids is 1. The van der Waals surface area contributed by atoms with Gasteiger partial charge in [0.2, 0.25) is 0 Å². The number of amides is 1. The molecule has 24 heavy (non-hydrogen) atoms. The third-order valence-electron chi connectivity index (χ3n) is 4.52. The molecule has 0 saturated carbocycles. The lowest BCUT2D eigenvalue weighted by molar-refractivity contribution is -0.124. The van der Waals surface area contributed by atoms with Crippen molar-refractivity contribution in [2.24, 2.45) is 0 Å². The highest BCUT2D eigenvalue weighted by Gasteiger charge is 2.32. The summed E-state index contributed by atoms with van der Waals surface area (Å²) in [4.78, 5) is 18.4. The highest BCUT2D eigenvalue weighted by molar-refractivity contribution is 7.91. The second-order valence-corrected chi connectivity index (χ2v) is 8.47. The molecule has 0 bridgehead atoms. The van der Waals surface area contributed by atoms with Gasteiger partial charge in [-0.1, -0.05) is 0 Å². The molecule has 2 atom stereocenters. The van der Waals surface area contributed by atoms with Crippen LogP contribution in [0.15, 0.2) is 18.3 Å². The molecular weight excluding hydrogens is 330 g/mol. The van der Waals surface area contributed by atoms with Crippen LogP contribution < -0.4 is 10.2 Å². The van der Waals surface area contributed by atoms with Crippen molar-refractivity contribution in [2.45, 2.75) is 38.3 Å². The summed E-state index contributed by atoms with van der Waals surface area (Å²) in [6, 6.07) is 3.58. The van der Waals surface area contributed by atoms with Crippen molar-refractivity contribution in [1.29, 1.82) is 0 Å². The SMILES string of the molecule is CCN(c1ccc(NC(=O)C2CCCO2)cn1)C1CCS(=O)(=O)C1. The molecule has 132 valence electrons. The maximum absolute atomic E-state index is 12.0. The fourth-order valence-electron chi connectivity index (χ4n) is 3.27. The van der Waals surface area contributed by atoms with Crippen LogP contribution in [0.2, 0.25) is 0 Å². The second-order valence-electron chi connectivity index (χ2n) is 6.24. The van der Waals surface area contributed by atoms with E-state index in [4.69, 9.17) is 4.74 Å². The van der Waals surface area contributed by atoms with E-state index in [1.165, 1.54) is 0 Å². The van der Waals surface area contributed by atoms with Crippen molar-refractivity contribution in [3.05, 3.63) is 18.3 Å². The first-order valence-electron chi connectivity index (χ1n) is 8.34. The summed E-state index contributed by atoms with van der Waals surface area (Å²) in [5.74, 6) is 1.01. The molecule has 0 spiro atoms. The fraction of sp³-hybridized carbons (Fsp3) is 0.625. The smallest absolute Gasteiger partial charge is 0.253 e. The van der Waals surface area contributed by atoms with Crippen molar-refractivity contribution in [3.63, 3.8) is 0 Å². The number of anilines is 2. The van der Waals surface area contributed by atoms with E-state index < -0.39 is 9.84 Å². The Morgan fingerprint density at radius 2 is 2.25 bits per heavy atom. The quantitative estimate of drug-likeness (QED) is 0.856. The molecule has 2 saturated heterocycles. The number of rotatable bonds is 5.